The third-order valence-electron chi connectivity index (χ3n) is 3.61. The summed E-state index contributed by atoms with van der Waals surface area (Å²) in [5, 5.41) is 0. The number of hydrogen-bond acceptors (Lipinski definition) is 3. The van der Waals surface area contributed by atoms with E-state index in [9.17, 15) is 0 Å². The Labute approximate surface area is 130 Å². The van der Waals surface area contributed by atoms with Crippen LogP contribution in [-0.4, -0.2) is 16.0 Å². The summed E-state index contributed by atoms with van der Waals surface area (Å²) in [6, 6.07) is 11.7. The third kappa shape index (κ3) is 3.06. The Morgan fingerprint density at radius 1 is 1.18 bits per heavy atom. The largest absolute Gasteiger partial charge is 0.490 e. The summed E-state index contributed by atoms with van der Waals surface area (Å²) in [7, 11) is 0. The molecule has 3 rings (SSSR count). The molecule has 4 nitrogen and oxygen atoms in total. The molecule has 0 unspecified atom stereocenters. The van der Waals surface area contributed by atoms with Crippen molar-refractivity contribution in [2.75, 3.05) is 12.3 Å². The van der Waals surface area contributed by atoms with Crippen LogP contribution in [0.4, 0.5) is 5.69 Å². The smallest absolute Gasteiger partial charge is 0.180 e. The number of anilines is 1. The molecule has 0 atom stereocenters. The molecular weight excluding hydrogens is 274 g/mol. The maximum absolute atomic E-state index is 5.90. The van der Waals surface area contributed by atoms with Crippen LogP contribution in [0.5, 0.6) is 5.75 Å². The number of nitrogen functional groups attached to an aromatic ring is 1. The van der Waals surface area contributed by atoms with Gasteiger partial charge in [0.15, 0.2) is 11.4 Å². The summed E-state index contributed by atoms with van der Waals surface area (Å²) in [6.07, 6.45) is 5.03. The van der Waals surface area contributed by atoms with Crippen LogP contribution in [0, 0.1) is 5.92 Å². The molecule has 2 aromatic heterocycles. The Balaban J connectivity index is 1.90. The zero-order chi connectivity index (χ0) is 15.5. The first-order chi connectivity index (χ1) is 10.6. The van der Waals surface area contributed by atoms with Crippen molar-refractivity contribution in [3.8, 4) is 17.0 Å². The predicted octanol–water partition coefficient (Wildman–Crippen LogP) is 4.01. The second-order valence-electron chi connectivity index (χ2n) is 5.88. The molecule has 114 valence electrons. The van der Waals surface area contributed by atoms with Crippen molar-refractivity contribution in [2.45, 2.75) is 20.3 Å². The van der Waals surface area contributed by atoms with E-state index in [-0.39, 0.29) is 0 Å². The lowest BCUT2D eigenvalue weighted by molar-refractivity contribution is 0.291. The fourth-order valence-corrected chi connectivity index (χ4v) is 2.30. The molecule has 0 saturated carbocycles. The predicted molar refractivity (Wildman–Crippen MR) is 90.0 cm³/mol. The number of imidazole rings is 1. The molecule has 4 heteroatoms. The third-order valence-corrected chi connectivity index (χ3v) is 3.61. The number of ether oxygens (including phenoxy) is 1. The van der Waals surface area contributed by atoms with E-state index in [2.05, 4.69) is 13.8 Å². The number of nitrogens with two attached hydrogens (primary N) is 1. The molecule has 0 bridgehead atoms. The lowest BCUT2D eigenvalue weighted by Crippen LogP contribution is -2.02. The monoisotopic (exact) mass is 295 g/mol. The lowest BCUT2D eigenvalue weighted by atomic mass is 10.1. The lowest BCUT2D eigenvalue weighted by Gasteiger charge is -2.08. The summed E-state index contributed by atoms with van der Waals surface area (Å²) < 4.78 is 7.89. The average Bonchev–Trinajstić information content (AvgIpc) is 2.92. The van der Waals surface area contributed by atoms with Gasteiger partial charge < -0.3 is 14.9 Å². The Kier molecular flexibility index (Phi) is 4.00. The van der Waals surface area contributed by atoms with Gasteiger partial charge in [-0.1, -0.05) is 26.0 Å². The number of nitrogens with zero attached hydrogens (tertiary/aromatic N) is 2. The first-order valence-corrected chi connectivity index (χ1v) is 7.60. The van der Waals surface area contributed by atoms with Crippen molar-refractivity contribution >= 4 is 11.3 Å². The van der Waals surface area contributed by atoms with Crippen LogP contribution in [0.3, 0.4) is 0 Å². The van der Waals surface area contributed by atoms with Gasteiger partial charge in [-0.05, 0) is 36.6 Å². The van der Waals surface area contributed by atoms with E-state index >= 15 is 0 Å². The normalized spacial score (nSPS) is 11.2. The minimum Gasteiger partial charge on any atom is -0.490 e. The molecule has 0 aliphatic rings. The van der Waals surface area contributed by atoms with Crippen LogP contribution in [0.1, 0.15) is 20.3 Å². The van der Waals surface area contributed by atoms with E-state index in [0.717, 1.165) is 34.8 Å². The van der Waals surface area contributed by atoms with Gasteiger partial charge >= 0.3 is 0 Å². The number of pyridine rings is 1. The second kappa shape index (κ2) is 6.10. The summed E-state index contributed by atoms with van der Waals surface area (Å²) in [4.78, 5) is 4.71. The molecule has 0 aliphatic carbocycles. The molecule has 0 saturated heterocycles. The van der Waals surface area contributed by atoms with E-state index in [0.29, 0.717) is 12.5 Å². The van der Waals surface area contributed by atoms with Crippen LogP contribution < -0.4 is 10.5 Å². The van der Waals surface area contributed by atoms with E-state index < -0.39 is 0 Å². The fourth-order valence-electron chi connectivity index (χ4n) is 2.30. The molecule has 0 spiro atoms. The van der Waals surface area contributed by atoms with Crippen LogP contribution in [0.25, 0.3) is 16.9 Å². The van der Waals surface area contributed by atoms with Crippen molar-refractivity contribution < 1.29 is 4.74 Å². The van der Waals surface area contributed by atoms with Crippen LogP contribution in [-0.2, 0) is 0 Å². The molecule has 22 heavy (non-hydrogen) atoms. The number of benzene rings is 1. The zero-order valence-corrected chi connectivity index (χ0v) is 13.0. The molecule has 1 aromatic carbocycles. The fraction of sp³-hybridized carbons (Fsp3) is 0.278. The minimum atomic E-state index is 0.629. The summed E-state index contributed by atoms with van der Waals surface area (Å²) >= 11 is 0. The van der Waals surface area contributed by atoms with Gasteiger partial charge in [0.2, 0.25) is 0 Å². The highest BCUT2D eigenvalue weighted by molar-refractivity contribution is 5.67. The van der Waals surface area contributed by atoms with Crippen molar-refractivity contribution in [1.29, 1.82) is 0 Å². The van der Waals surface area contributed by atoms with Crippen molar-refractivity contribution in [2.24, 2.45) is 5.92 Å². The molecule has 2 N–H and O–H groups in total. The maximum atomic E-state index is 5.90. The van der Waals surface area contributed by atoms with Gasteiger partial charge in [0.25, 0.3) is 0 Å². The molecule has 0 amide bonds. The summed E-state index contributed by atoms with van der Waals surface area (Å²) in [6.45, 7) is 5.10. The number of fused-ring (bicyclic) bond motifs is 1. The quantitative estimate of drug-likeness (QED) is 0.724. The van der Waals surface area contributed by atoms with Crippen molar-refractivity contribution in [1.82, 2.24) is 9.38 Å². The Morgan fingerprint density at radius 3 is 2.68 bits per heavy atom. The first kappa shape index (κ1) is 14.4. The van der Waals surface area contributed by atoms with Gasteiger partial charge in [0, 0.05) is 23.6 Å². The van der Waals surface area contributed by atoms with Gasteiger partial charge in [-0.15, -0.1) is 0 Å². The standard InChI is InChI=1S/C18H21N3O/c1-13(2)9-11-22-17-4-3-10-21-12-16(20-18(17)21)14-5-7-15(19)8-6-14/h3-8,10,12-13H,9,11,19H2,1-2H3. The van der Waals surface area contributed by atoms with Crippen LogP contribution >= 0.6 is 0 Å². The zero-order valence-electron chi connectivity index (χ0n) is 13.0. The molecule has 3 aromatic rings. The summed E-state index contributed by atoms with van der Waals surface area (Å²) in [5.74, 6) is 1.45. The van der Waals surface area contributed by atoms with E-state index in [4.69, 9.17) is 15.5 Å². The first-order valence-electron chi connectivity index (χ1n) is 7.60. The summed E-state index contributed by atoms with van der Waals surface area (Å²) in [5.41, 5.74) is 9.30. The SMILES string of the molecule is CC(C)CCOc1cccn2cc(-c3ccc(N)cc3)nc12. The second-order valence-corrected chi connectivity index (χ2v) is 5.88. The van der Waals surface area contributed by atoms with E-state index in [1.54, 1.807) is 0 Å². The molecular formula is C18H21N3O. The highest BCUT2D eigenvalue weighted by atomic mass is 16.5. The number of aromatic nitrogens is 2. The Bertz CT molecular complexity index is 760. The van der Waals surface area contributed by atoms with E-state index in [1.807, 2.05) is 53.2 Å². The van der Waals surface area contributed by atoms with Crippen LogP contribution in [0.15, 0.2) is 48.8 Å². The Morgan fingerprint density at radius 2 is 1.95 bits per heavy atom. The molecule has 0 fully saturated rings. The minimum absolute atomic E-state index is 0.629. The van der Waals surface area contributed by atoms with Crippen LogP contribution in [0.2, 0.25) is 0 Å². The highest BCUT2D eigenvalue weighted by Gasteiger charge is 2.09. The maximum Gasteiger partial charge on any atom is 0.180 e. The van der Waals surface area contributed by atoms with Crippen molar-refractivity contribution in [3.63, 3.8) is 0 Å². The molecule has 0 aliphatic heterocycles. The topological polar surface area (TPSA) is 52.5 Å². The molecule has 2 heterocycles. The highest BCUT2D eigenvalue weighted by Crippen LogP contribution is 2.25. The molecule has 0 radical (unpaired) electrons. The van der Waals surface area contributed by atoms with Gasteiger partial charge in [-0.25, -0.2) is 4.98 Å². The van der Waals surface area contributed by atoms with Gasteiger partial charge in [0.05, 0.1) is 12.3 Å². The van der Waals surface area contributed by atoms with Gasteiger partial charge in [0.1, 0.15) is 0 Å². The van der Waals surface area contributed by atoms with Gasteiger partial charge in [-0.2, -0.15) is 0 Å². The number of rotatable bonds is 5. The van der Waals surface area contributed by atoms with Gasteiger partial charge in [-0.3, -0.25) is 0 Å². The Hall–Kier alpha value is -2.49. The van der Waals surface area contributed by atoms with Crippen molar-refractivity contribution in [3.05, 3.63) is 48.8 Å². The van der Waals surface area contributed by atoms with E-state index in [1.165, 1.54) is 0 Å². The average molecular weight is 295 g/mol. The number of hydrogen-bond donors (Lipinski definition) is 1.